The molecule has 4 aromatic rings. The van der Waals surface area contributed by atoms with Crippen LogP contribution in [0, 0.1) is 18.6 Å². The minimum atomic E-state index is -0.661. The summed E-state index contributed by atoms with van der Waals surface area (Å²) < 4.78 is 35.6. The quantitative estimate of drug-likeness (QED) is 0.250. The number of benzene rings is 2. The molecule has 2 heterocycles. The Morgan fingerprint density at radius 2 is 1.31 bits per heavy atom. The highest BCUT2D eigenvalue weighted by atomic mass is 35.5. The maximum absolute atomic E-state index is 13.0. The van der Waals surface area contributed by atoms with Crippen molar-refractivity contribution < 1.29 is 17.6 Å². The monoisotopic (exact) mass is 458 g/mol. The van der Waals surface area contributed by atoms with Crippen molar-refractivity contribution in [2.24, 2.45) is 0 Å². The van der Waals surface area contributed by atoms with Crippen LogP contribution >= 0.6 is 34.8 Å². The van der Waals surface area contributed by atoms with Crippen LogP contribution < -0.4 is 11.3 Å². The maximum atomic E-state index is 13.0. The third kappa shape index (κ3) is 4.29. The van der Waals surface area contributed by atoms with Crippen LogP contribution in [0.15, 0.2) is 54.8 Å². The largest absolute Gasteiger partial charge is 0.422 e. The van der Waals surface area contributed by atoms with Gasteiger partial charge in [-0.2, -0.15) is 0 Å². The van der Waals surface area contributed by atoms with Gasteiger partial charge in [-0.15, -0.1) is 11.6 Å². The lowest BCUT2D eigenvalue weighted by molar-refractivity contribution is 0.557. The molecule has 150 valence electrons. The van der Waals surface area contributed by atoms with Crippen LogP contribution in [0.4, 0.5) is 8.78 Å². The van der Waals surface area contributed by atoms with E-state index in [1.807, 2.05) is 0 Å². The second-order valence-corrected chi connectivity index (χ2v) is 6.95. The van der Waals surface area contributed by atoms with E-state index >= 15 is 0 Å². The summed E-state index contributed by atoms with van der Waals surface area (Å²) in [5, 5.41) is 0.857. The Morgan fingerprint density at radius 1 is 0.828 bits per heavy atom. The van der Waals surface area contributed by atoms with E-state index in [4.69, 9.17) is 43.6 Å². The lowest BCUT2D eigenvalue weighted by Crippen LogP contribution is -2.03. The zero-order valence-corrected chi connectivity index (χ0v) is 17.0. The fraction of sp³-hybridized carbons (Fsp3) is 0.100. The van der Waals surface area contributed by atoms with Crippen molar-refractivity contribution in [2.45, 2.75) is 12.8 Å². The van der Waals surface area contributed by atoms with Gasteiger partial charge in [-0.3, -0.25) is 0 Å². The highest BCUT2D eigenvalue weighted by molar-refractivity contribution is 6.33. The summed E-state index contributed by atoms with van der Waals surface area (Å²) >= 11 is 17.0. The lowest BCUT2D eigenvalue weighted by atomic mass is 10.1. The molecule has 0 radical (unpaired) electrons. The molecule has 0 spiro atoms. The van der Waals surface area contributed by atoms with Gasteiger partial charge in [0.05, 0.1) is 0 Å². The fourth-order valence-electron chi connectivity index (χ4n) is 2.64. The smallest absolute Gasteiger partial charge is 0.355 e. The molecule has 0 fully saturated rings. The third-order valence-corrected chi connectivity index (χ3v) is 5.19. The number of alkyl halides is 1. The van der Waals surface area contributed by atoms with Crippen molar-refractivity contribution in [1.29, 1.82) is 0 Å². The Morgan fingerprint density at radius 3 is 1.86 bits per heavy atom. The van der Waals surface area contributed by atoms with Crippen molar-refractivity contribution in [3.8, 4) is 0 Å². The summed E-state index contributed by atoms with van der Waals surface area (Å²) in [6.45, 7) is 1.65. The first-order chi connectivity index (χ1) is 13.7. The van der Waals surface area contributed by atoms with Crippen LogP contribution in [0.25, 0.3) is 21.9 Å². The van der Waals surface area contributed by atoms with E-state index in [9.17, 15) is 18.4 Å². The molecule has 0 amide bonds. The summed E-state index contributed by atoms with van der Waals surface area (Å²) in [5.41, 5.74) is 0.302. The summed E-state index contributed by atoms with van der Waals surface area (Å²) in [4.78, 5) is 22.4. The van der Waals surface area contributed by atoms with Gasteiger partial charge in [-0.05, 0) is 48.9 Å². The number of halogens is 5. The van der Waals surface area contributed by atoms with Crippen LogP contribution in [-0.2, 0) is 5.88 Å². The van der Waals surface area contributed by atoms with E-state index in [0.717, 1.165) is 0 Å². The van der Waals surface area contributed by atoms with Gasteiger partial charge in [0.25, 0.3) is 0 Å². The molecule has 0 aliphatic heterocycles. The van der Waals surface area contributed by atoms with E-state index in [1.165, 1.54) is 36.4 Å². The number of fused-ring (bicyclic) bond motifs is 2. The number of aryl methyl sites for hydroxylation is 1. The predicted molar refractivity (Wildman–Crippen MR) is 109 cm³/mol. The highest BCUT2D eigenvalue weighted by Gasteiger charge is 2.12. The fourth-order valence-corrected chi connectivity index (χ4v) is 3.34. The van der Waals surface area contributed by atoms with Crippen molar-refractivity contribution in [2.75, 3.05) is 0 Å². The van der Waals surface area contributed by atoms with Gasteiger partial charge in [0.1, 0.15) is 32.8 Å². The molecule has 0 saturated carbocycles. The molecule has 0 saturated heterocycles. The van der Waals surface area contributed by atoms with Gasteiger partial charge in [-0.1, -0.05) is 23.2 Å². The van der Waals surface area contributed by atoms with E-state index < -0.39 is 17.1 Å². The zero-order chi connectivity index (χ0) is 21.3. The number of hydrogen-bond acceptors (Lipinski definition) is 4. The molecule has 0 aliphatic rings. The second-order valence-electron chi connectivity index (χ2n) is 5.93. The van der Waals surface area contributed by atoms with Crippen LogP contribution in [0.5, 0.6) is 0 Å². The Labute approximate surface area is 177 Å². The molecule has 9 heteroatoms. The minimum absolute atomic E-state index is 0.00287. The molecule has 0 atom stereocenters. The summed E-state index contributed by atoms with van der Waals surface area (Å²) in [6, 6.07) is 7.75. The molecule has 29 heavy (non-hydrogen) atoms. The summed E-state index contributed by atoms with van der Waals surface area (Å²) in [7, 11) is 0. The van der Waals surface area contributed by atoms with Crippen molar-refractivity contribution >= 4 is 56.7 Å². The summed E-state index contributed by atoms with van der Waals surface area (Å²) in [6.07, 6.45) is 0. The molecular formula is C20H11Cl3F2O4. The average molecular weight is 460 g/mol. The molecule has 4 nitrogen and oxygen atoms in total. The van der Waals surface area contributed by atoms with Gasteiger partial charge in [-0.25, -0.2) is 18.4 Å². The zero-order valence-electron chi connectivity index (χ0n) is 14.7. The molecule has 0 unspecified atom stereocenters. The first-order valence-corrected chi connectivity index (χ1v) is 9.37. The molecule has 2 aromatic heterocycles. The molecule has 4 rings (SSSR count). The normalized spacial score (nSPS) is 10.8. The number of rotatable bonds is 1. The lowest BCUT2D eigenvalue weighted by Gasteiger charge is -2.03. The third-order valence-electron chi connectivity index (χ3n) is 4.10. The van der Waals surface area contributed by atoms with E-state index in [-0.39, 0.29) is 27.3 Å². The van der Waals surface area contributed by atoms with Crippen LogP contribution in [0.1, 0.15) is 11.1 Å². The Hall–Kier alpha value is -2.41. The Bertz CT molecular complexity index is 1350. The first kappa shape index (κ1) is 21.3. The number of hydrogen-bond donors (Lipinski definition) is 0. The standard InChI is InChI=1S/C10H5Cl2FO2.C10H6ClFO2/c11-4-7-6-3-5(13)1-2-8(6)15-10(14)9(7)12;1-5-7-4-6(12)2-3-8(7)14-10(13)9(5)11/h1-3H,4H2;2-4H,1H3. The predicted octanol–water partition coefficient (Wildman–Crippen LogP) is 6.22. The first-order valence-electron chi connectivity index (χ1n) is 8.08. The Balaban J connectivity index is 0.000000166. The van der Waals surface area contributed by atoms with Crippen LogP contribution in [-0.4, -0.2) is 0 Å². The van der Waals surface area contributed by atoms with Crippen LogP contribution in [0.3, 0.4) is 0 Å². The van der Waals surface area contributed by atoms with Crippen molar-refractivity contribution in [3.63, 3.8) is 0 Å². The van der Waals surface area contributed by atoms with E-state index in [2.05, 4.69) is 0 Å². The Kier molecular flexibility index (Phi) is 6.27. The molecule has 2 aromatic carbocycles. The second kappa shape index (κ2) is 8.53. The molecule has 0 bridgehead atoms. The SMILES string of the molecule is Cc1c(Cl)c(=O)oc2ccc(F)cc12.O=c1oc2ccc(F)cc2c(CCl)c1Cl. The highest BCUT2D eigenvalue weighted by Crippen LogP contribution is 2.25. The molecule has 0 N–H and O–H groups in total. The van der Waals surface area contributed by atoms with E-state index in [0.29, 0.717) is 27.5 Å². The summed E-state index contributed by atoms with van der Waals surface area (Å²) in [5.74, 6) is -0.783. The van der Waals surface area contributed by atoms with E-state index in [1.54, 1.807) is 6.92 Å². The van der Waals surface area contributed by atoms with Crippen LogP contribution in [0.2, 0.25) is 10.0 Å². The minimum Gasteiger partial charge on any atom is -0.422 e. The molecule has 0 aliphatic carbocycles. The van der Waals surface area contributed by atoms with Gasteiger partial charge >= 0.3 is 11.3 Å². The van der Waals surface area contributed by atoms with Gasteiger partial charge in [0.2, 0.25) is 0 Å². The average Bonchev–Trinajstić information content (AvgIpc) is 2.69. The van der Waals surface area contributed by atoms with Crippen molar-refractivity contribution in [1.82, 2.24) is 0 Å². The van der Waals surface area contributed by atoms with Gasteiger partial charge in [0, 0.05) is 22.2 Å². The van der Waals surface area contributed by atoms with Crippen molar-refractivity contribution in [3.05, 3.63) is 90.0 Å². The molecular weight excluding hydrogens is 449 g/mol. The topological polar surface area (TPSA) is 60.4 Å². The maximum Gasteiger partial charge on any atom is 0.355 e. The van der Waals surface area contributed by atoms with Gasteiger partial charge in [0.15, 0.2) is 0 Å². The van der Waals surface area contributed by atoms with Gasteiger partial charge < -0.3 is 8.83 Å².